The molecule has 2 heterocycles. The van der Waals surface area contributed by atoms with E-state index >= 15 is 0 Å². The summed E-state index contributed by atoms with van der Waals surface area (Å²) in [4.78, 5) is 9.30. The number of nitrogens with one attached hydrogen (secondary N) is 2. The van der Waals surface area contributed by atoms with Gasteiger partial charge in [-0.3, -0.25) is 5.43 Å². The van der Waals surface area contributed by atoms with Crippen molar-refractivity contribution >= 4 is 28.8 Å². The molecule has 2 aromatic rings. The van der Waals surface area contributed by atoms with E-state index in [-0.39, 0.29) is 5.75 Å². The van der Waals surface area contributed by atoms with Gasteiger partial charge in [0.1, 0.15) is 5.70 Å². The molecule has 126 valence electrons. The van der Waals surface area contributed by atoms with Crippen molar-refractivity contribution in [3.05, 3.63) is 69.8 Å². The van der Waals surface area contributed by atoms with Gasteiger partial charge in [0.15, 0.2) is 17.4 Å². The third-order valence-corrected chi connectivity index (χ3v) is 4.39. The van der Waals surface area contributed by atoms with Crippen molar-refractivity contribution in [1.82, 2.24) is 10.9 Å². The lowest BCUT2D eigenvalue weighted by atomic mass is 10.00. The fourth-order valence-corrected chi connectivity index (χ4v) is 3.02. The highest BCUT2D eigenvalue weighted by molar-refractivity contribution is 6.36. The van der Waals surface area contributed by atoms with Gasteiger partial charge in [0.05, 0.1) is 24.2 Å². The number of hydrazine groups is 1. The summed E-state index contributed by atoms with van der Waals surface area (Å²) in [6.45, 7) is 1.88. The van der Waals surface area contributed by atoms with E-state index in [1.54, 1.807) is 12.1 Å². The minimum atomic E-state index is -0.487. The average Bonchev–Trinajstić information content (AvgIpc) is 2.85. The molecule has 2 aliphatic heterocycles. The number of hydrogen-bond donors (Lipinski definition) is 2. The molecular weight excluding hydrogens is 343 g/mol. The highest BCUT2D eigenvalue weighted by Gasteiger charge is 2.26. The molecule has 0 bridgehead atoms. The Bertz CT molecular complexity index is 981. The summed E-state index contributed by atoms with van der Waals surface area (Å²) in [7, 11) is 1.42. The molecule has 0 amide bonds. The van der Waals surface area contributed by atoms with Crippen LogP contribution < -0.4 is 15.6 Å². The van der Waals surface area contributed by atoms with Crippen LogP contribution in [0.3, 0.4) is 0 Å². The highest BCUT2D eigenvalue weighted by atomic mass is 35.5. The van der Waals surface area contributed by atoms with E-state index in [4.69, 9.17) is 21.3 Å². The Labute approximate surface area is 148 Å². The molecule has 0 radical (unpaired) electrons. The standard InChI is InChI=1S/C18H14ClFN4O/c1-9-16-18(24-23-9)21-14-8-13(20)15(25-2)7-11(14)17(22-16)10-5-3-4-6-12(10)19/h3-8H,1-2H3,(H2,21,23,24). The summed E-state index contributed by atoms with van der Waals surface area (Å²) in [6, 6.07) is 10.3. The summed E-state index contributed by atoms with van der Waals surface area (Å²) < 4.78 is 19.4. The number of amidine groups is 1. The normalized spacial score (nSPS) is 15.4. The zero-order valence-electron chi connectivity index (χ0n) is 13.5. The zero-order chi connectivity index (χ0) is 17.6. The minimum absolute atomic E-state index is 0.127. The van der Waals surface area contributed by atoms with Crippen LogP contribution in [0.25, 0.3) is 0 Å². The molecule has 0 atom stereocenters. The number of methoxy groups -OCH3 is 1. The number of fused-ring (bicyclic) bond motifs is 2. The number of hydrogen-bond acceptors (Lipinski definition) is 5. The Morgan fingerprint density at radius 2 is 1.88 bits per heavy atom. The first-order chi connectivity index (χ1) is 12.1. The van der Waals surface area contributed by atoms with Crippen molar-refractivity contribution in [2.24, 2.45) is 9.98 Å². The van der Waals surface area contributed by atoms with E-state index in [9.17, 15) is 4.39 Å². The number of rotatable bonds is 2. The first-order valence-corrected chi connectivity index (χ1v) is 7.99. The van der Waals surface area contributed by atoms with Crippen molar-refractivity contribution in [3.63, 3.8) is 0 Å². The summed E-state index contributed by atoms with van der Waals surface area (Å²) in [5, 5.41) is 0.552. The van der Waals surface area contributed by atoms with Crippen molar-refractivity contribution in [2.45, 2.75) is 6.92 Å². The van der Waals surface area contributed by atoms with Crippen LogP contribution in [0.4, 0.5) is 10.1 Å². The zero-order valence-corrected chi connectivity index (χ0v) is 14.3. The topological polar surface area (TPSA) is 58.0 Å². The number of aliphatic imine (C=N–C) groups is 2. The molecule has 0 saturated heterocycles. The van der Waals surface area contributed by atoms with Gasteiger partial charge in [0.2, 0.25) is 0 Å². The number of nitrogens with zero attached hydrogens (tertiary/aromatic N) is 2. The van der Waals surface area contributed by atoms with Crippen LogP contribution in [-0.2, 0) is 0 Å². The molecule has 0 aliphatic carbocycles. The van der Waals surface area contributed by atoms with Crippen LogP contribution in [0.5, 0.6) is 5.75 Å². The van der Waals surface area contributed by atoms with Crippen LogP contribution >= 0.6 is 11.6 Å². The molecule has 0 unspecified atom stereocenters. The molecule has 25 heavy (non-hydrogen) atoms. The van der Waals surface area contributed by atoms with Crippen LogP contribution in [0.2, 0.25) is 5.02 Å². The maximum atomic E-state index is 14.2. The Kier molecular flexibility index (Phi) is 3.69. The number of ether oxygens (including phenoxy) is 1. The molecular formula is C18H14ClFN4O. The van der Waals surface area contributed by atoms with Crippen molar-refractivity contribution in [2.75, 3.05) is 7.11 Å². The molecule has 2 N–H and O–H groups in total. The van der Waals surface area contributed by atoms with E-state index in [0.29, 0.717) is 33.5 Å². The van der Waals surface area contributed by atoms with Crippen molar-refractivity contribution in [3.8, 4) is 5.75 Å². The number of benzene rings is 2. The maximum Gasteiger partial charge on any atom is 0.173 e. The molecule has 0 saturated carbocycles. The van der Waals surface area contributed by atoms with Crippen LogP contribution in [0.15, 0.2) is 57.8 Å². The van der Waals surface area contributed by atoms with Crippen LogP contribution in [0.1, 0.15) is 18.1 Å². The van der Waals surface area contributed by atoms with Gasteiger partial charge >= 0.3 is 0 Å². The molecule has 5 nitrogen and oxygen atoms in total. The first kappa shape index (κ1) is 15.7. The van der Waals surface area contributed by atoms with Gasteiger partial charge in [0, 0.05) is 22.2 Å². The van der Waals surface area contributed by atoms with E-state index in [1.807, 2.05) is 25.1 Å². The summed E-state index contributed by atoms with van der Waals surface area (Å²) in [5.41, 5.74) is 9.87. The van der Waals surface area contributed by atoms with Crippen LogP contribution in [0, 0.1) is 5.82 Å². The Morgan fingerprint density at radius 3 is 2.64 bits per heavy atom. The lowest BCUT2D eigenvalue weighted by Gasteiger charge is -2.12. The molecule has 4 rings (SSSR count). The second-order valence-corrected chi connectivity index (χ2v) is 6.04. The molecule has 2 aromatic carbocycles. The molecule has 7 heteroatoms. The third kappa shape index (κ3) is 2.55. The van der Waals surface area contributed by atoms with Gasteiger partial charge in [-0.25, -0.2) is 14.4 Å². The first-order valence-electron chi connectivity index (χ1n) is 7.62. The molecule has 0 aromatic heterocycles. The maximum absolute atomic E-state index is 14.2. The van der Waals surface area contributed by atoms with Gasteiger partial charge in [-0.1, -0.05) is 29.8 Å². The van der Waals surface area contributed by atoms with E-state index in [2.05, 4.69) is 15.8 Å². The number of halogens is 2. The quantitative estimate of drug-likeness (QED) is 0.862. The predicted molar refractivity (Wildman–Crippen MR) is 96.1 cm³/mol. The second kappa shape index (κ2) is 5.89. The van der Waals surface area contributed by atoms with E-state index in [0.717, 1.165) is 11.3 Å². The van der Waals surface area contributed by atoms with Crippen molar-refractivity contribution < 1.29 is 9.13 Å². The average molecular weight is 357 g/mol. The van der Waals surface area contributed by atoms with Gasteiger partial charge in [-0.15, -0.1) is 0 Å². The lowest BCUT2D eigenvalue weighted by Crippen LogP contribution is -2.27. The molecule has 0 spiro atoms. The fourth-order valence-electron chi connectivity index (χ4n) is 2.80. The Morgan fingerprint density at radius 1 is 1.08 bits per heavy atom. The number of allylic oxidation sites excluding steroid dienone is 1. The summed E-state index contributed by atoms with van der Waals surface area (Å²) >= 11 is 6.39. The van der Waals surface area contributed by atoms with Gasteiger partial charge in [0.25, 0.3) is 0 Å². The molecule has 2 aliphatic rings. The van der Waals surface area contributed by atoms with Gasteiger partial charge in [-0.05, 0) is 19.1 Å². The van der Waals surface area contributed by atoms with Crippen LogP contribution in [-0.4, -0.2) is 18.7 Å². The SMILES string of the molecule is COc1cc2c(cc1F)N=C1NNC(C)=C1N=C2c1ccccc1Cl. The van der Waals surface area contributed by atoms with Crippen molar-refractivity contribution in [1.29, 1.82) is 0 Å². The summed E-state index contributed by atoms with van der Waals surface area (Å²) in [6.07, 6.45) is 0. The summed E-state index contributed by atoms with van der Waals surface area (Å²) in [5.74, 6) is 0.173. The smallest absolute Gasteiger partial charge is 0.173 e. The van der Waals surface area contributed by atoms with E-state index < -0.39 is 5.82 Å². The Balaban J connectivity index is 2.05. The van der Waals surface area contributed by atoms with Gasteiger partial charge in [-0.2, -0.15) is 0 Å². The monoisotopic (exact) mass is 356 g/mol. The second-order valence-electron chi connectivity index (χ2n) is 5.63. The molecule has 0 fully saturated rings. The van der Waals surface area contributed by atoms with Gasteiger partial charge < -0.3 is 10.2 Å². The predicted octanol–water partition coefficient (Wildman–Crippen LogP) is 3.71. The minimum Gasteiger partial charge on any atom is -0.494 e. The fraction of sp³-hybridized carbons (Fsp3) is 0.111. The highest BCUT2D eigenvalue weighted by Crippen LogP contribution is 2.35. The lowest BCUT2D eigenvalue weighted by molar-refractivity contribution is 0.386. The van der Waals surface area contributed by atoms with E-state index in [1.165, 1.54) is 13.2 Å². The largest absolute Gasteiger partial charge is 0.494 e. The Hall–Kier alpha value is -2.86. The third-order valence-electron chi connectivity index (χ3n) is 4.06.